The second-order valence-electron chi connectivity index (χ2n) is 12.0. The van der Waals surface area contributed by atoms with E-state index in [1.165, 1.54) is 48.5 Å². The van der Waals surface area contributed by atoms with Crippen molar-refractivity contribution in [2.45, 2.75) is 37.4 Å². The molecule has 0 amide bonds. The summed E-state index contributed by atoms with van der Waals surface area (Å²) in [4.78, 5) is 67.8. The number of benzene rings is 5. The third-order valence-electron chi connectivity index (χ3n) is 8.07. The van der Waals surface area contributed by atoms with Crippen molar-refractivity contribution >= 4 is 29.7 Å². The Balaban J connectivity index is 1.51. The lowest BCUT2D eigenvalue weighted by molar-refractivity contribution is -0.151. The zero-order valence-corrected chi connectivity index (χ0v) is 29.1. The number of Topliss-reactive ketones (excluding diaryl/α,β-unsaturated/α-hetero) is 1. The Kier molecular flexibility index (Phi) is 14.4. The predicted molar refractivity (Wildman–Crippen MR) is 195 cm³/mol. The van der Waals surface area contributed by atoms with Gasteiger partial charge in [-0.25, -0.2) is 19.2 Å². The van der Waals surface area contributed by atoms with Crippen LogP contribution in [0, 0.1) is 0 Å². The first-order valence-electron chi connectivity index (χ1n) is 17.1. The number of hydrogen-bond acceptors (Lipinski definition) is 11. The average Bonchev–Trinajstić information content (AvgIpc) is 3.23. The summed E-state index contributed by atoms with van der Waals surface area (Å²) in [6.45, 7) is -0.719. The molecule has 11 nitrogen and oxygen atoms in total. The second-order valence-corrected chi connectivity index (χ2v) is 12.0. The second kappa shape index (κ2) is 20.0. The normalized spacial score (nSPS) is 13.0. The van der Waals surface area contributed by atoms with Crippen molar-refractivity contribution in [3.63, 3.8) is 0 Å². The first kappa shape index (κ1) is 38.8. The van der Waals surface area contributed by atoms with Crippen molar-refractivity contribution in [1.29, 1.82) is 0 Å². The molecule has 5 rings (SSSR count). The van der Waals surface area contributed by atoms with E-state index in [1.54, 1.807) is 72.8 Å². The Morgan fingerprint density at radius 1 is 0.481 bits per heavy atom. The van der Waals surface area contributed by atoms with Crippen LogP contribution in [0.15, 0.2) is 152 Å². The van der Waals surface area contributed by atoms with Crippen LogP contribution in [0.3, 0.4) is 0 Å². The van der Waals surface area contributed by atoms with Gasteiger partial charge in [-0.15, -0.1) is 0 Å². The van der Waals surface area contributed by atoms with Crippen LogP contribution in [0.1, 0.15) is 53.4 Å². The third kappa shape index (κ3) is 11.3. The van der Waals surface area contributed by atoms with Gasteiger partial charge in [0.05, 0.1) is 35.5 Å². The summed E-state index contributed by atoms with van der Waals surface area (Å²) in [5, 5.41) is 11.7. The van der Waals surface area contributed by atoms with Crippen LogP contribution in [-0.4, -0.2) is 72.4 Å². The molecule has 0 fully saturated rings. The minimum Gasteiger partial charge on any atom is -0.459 e. The predicted octanol–water partition coefficient (Wildman–Crippen LogP) is 6.06. The number of rotatable bonds is 18. The quantitative estimate of drug-likeness (QED) is 0.0637. The molecule has 5 aromatic rings. The highest BCUT2D eigenvalue weighted by molar-refractivity contribution is 5.94. The van der Waals surface area contributed by atoms with E-state index in [1.807, 2.05) is 30.3 Å². The number of aliphatic hydroxyl groups is 1. The van der Waals surface area contributed by atoms with Crippen molar-refractivity contribution in [3.05, 3.63) is 179 Å². The molecule has 0 radical (unpaired) electrons. The highest BCUT2D eigenvalue weighted by atomic mass is 16.6. The van der Waals surface area contributed by atoms with E-state index in [2.05, 4.69) is 0 Å². The summed E-state index contributed by atoms with van der Waals surface area (Å²) in [5.41, 5.74) is 1.21. The SMILES string of the molecule is O=C(OC[C@@H](O)[C@@H](OC(=O)c1ccccc1)[C@H](OC(=O)c1ccccc1)[C@H](OC(=O)c1ccccc1)C(=O)CCOCc1ccccc1)c1ccccc1. The highest BCUT2D eigenvalue weighted by Gasteiger charge is 2.46. The summed E-state index contributed by atoms with van der Waals surface area (Å²) in [7, 11) is 0. The smallest absolute Gasteiger partial charge is 0.338 e. The molecule has 4 atom stereocenters. The fraction of sp³-hybridized carbons (Fsp3) is 0.186. The van der Waals surface area contributed by atoms with Crippen molar-refractivity contribution in [1.82, 2.24) is 0 Å². The van der Waals surface area contributed by atoms with E-state index in [-0.39, 0.29) is 41.9 Å². The Hall–Kier alpha value is -6.43. The molecule has 0 heterocycles. The van der Waals surface area contributed by atoms with E-state index >= 15 is 0 Å². The molecule has 276 valence electrons. The third-order valence-corrected chi connectivity index (χ3v) is 8.07. The largest absolute Gasteiger partial charge is 0.459 e. The molecule has 5 aromatic carbocycles. The van der Waals surface area contributed by atoms with Crippen molar-refractivity contribution in [2.75, 3.05) is 13.2 Å². The van der Waals surface area contributed by atoms with Crippen LogP contribution in [0.25, 0.3) is 0 Å². The summed E-state index contributed by atoms with van der Waals surface area (Å²) in [5.74, 6) is -4.49. The number of ether oxygens (including phenoxy) is 5. The van der Waals surface area contributed by atoms with Crippen molar-refractivity contribution < 1.29 is 52.8 Å². The lowest BCUT2D eigenvalue weighted by atomic mass is 9.97. The van der Waals surface area contributed by atoms with Crippen LogP contribution in [-0.2, 0) is 35.1 Å². The van der Waals surface area contributed by atoms with Crippen molar-refractivity contribution in [3.8, 4) is 0 Å². The molecular weight excluding hydrogens is 692 g/mol. The number of ketones is 1. The van der Waals surface area contributed by atoms with Gasteiger partial charge in [-0.05, 0) is 54.1 Å². The molecule has 1 N–H and O–H groups in total. The van der Waals surface area contributed by atoms with Crippen LogP contribution in [0.4, 0.5) is 0 Å². The standard InChI is InChI=1S/C43H38O11/c44-35(26-27-50-28-30-16-6-1-7-17-30)37(52-41(47)32-20-10-3-11-21-32)39(54-43(49)34-24-14-5-15-25-34)38(53-42(48)33-22-12-4-13-23-33)36(45)29-51-40(46)31-18-8-2-9-19-31/h1-25,36-39,45H,26-29H2/t36-,37-,38-,39-/m1/s1. The molecule has 0 bridgehead atoms. The van der Waals surface area contributed by atoms with Crippen LogP contribution in [0.2, 0.25) is 0 Å². The summed E-state index contributed by atoms with van der Waals surface area (Å²) >= 11 is 0. The van der Waals surface area contributed by atoms with Gasteiger partial charge in [0, 0.05) is 6.42 Å². The first-order chi connectivity index (χ1) is 26.3. The van der Waals surface area contributed by atoms with Gasteiger partial charge in [-0.1, -0.05) is 103 Å². The zero-order valence-electron chi connectivity index (χ0n) is 29.1. The van der Waals surface area contributed by atoms with Crippen LogP contribution in [0.5, 0.6) is 0 Å². The van der Waals surface area contributed by atoms with Gasteiger partial charge in [-0.3, -0.25) is 4.79 Å². The number of aliphatic hydroxyl groups excluding tert-OH is 1. The van der Waals surface area contributed by atoms with E-state index in [9.17, 15) is 29.1 Å². The number of carbonyl (C=O) groups excluding carboxylic acids is 5. The zero-order chi connectivity index (χ0) is 38.1. The minimum absolute atomic E-state index is 0.0485. The Morgan fingerprint density at radius 2 is 0.870 bits per heavy atom. The number of carbonyl (C=O) groups is 5. The van der Waals surface area contributed by atoms with Crippen LogP contribution >= 0.6 is 0 Å². The topological polar surface area (TPSA) is 152 Å². The highest BCUT2D eigenvalue weighted by Crippen LogP contribution is 2.23. The summed E-state index contributed by atoms with van der Waals surface area (Å²) in [6, 6.07) is 40.5. The van der Waals surface area contributed by atoms with Gasteiger partial charge in [-0.2, -0.15) is 0 Å². The molecule has 0 aliphatic heterocycles. The molecule has 0 spiro atoms. The van der Waals surface area contributed by atoms with E-state index in [0.717, 1.165) is 5.56 Å². The van der Waals surface area contributed by atoms with Gasteiger partial charge >= 0.3 is 23.9 Å². The maximum absolute atomic E-state index is 14.2. The Bertz CT molecular complexity index is 1950. The molecular formula is C43H38O11. The molecule has 11 heteroatoms. The Labute approximate surface area is 312 Å². The van der Waals surface area contributed by atoms with Gasteiger partial charge in [0.1, 0.15) is 12.7 Å². The number of esters is 4. The lowest BCUT2D eigenvalue weighted by Crippen LogP contribution is -2.54. The van der Waals surface area contributed by atoms with Gasteiger partial charge in [0.25, 0.3) is 0 Å². The fourth-order valence-corrected chi connectivity index (χ4v) is 5.26. The lowest BCUT2D eigenvalue weighted by Gasteiger charge is -2.34. The van der Waals surface area contributed by atoms with Gasteiger partial charge in [0.2, 0.25) is 6.10 Å². The fourth-order valence-electron chi connectivity index (χ4n) is 5.26. The summed E-state index contributed by atoms with van der Waals surface area (Å²) in [6.07, 6.45) is -8.06. The monoisotopic (exact) mass is 730 g/mol. The van der Waals surface area contributed by atoms with E-state index in [4.69, 9.17) is 23.7 Å². The minimum atomic E-state index is -1.95. The molecule has 54 heavy (non-hydrogen) atoms. The van der Waals surface area contributed by atoms with E-state index < -0.39 is 60.7 Å². The Morgan fingerprint density at radius 3 is 1.33 bits per heavy atom. The molecule has 0 saturated heterocycles. The van der Waals surface area contributed by atoms with Crippen LogP contribution < -0.4 is 0 Å². The molecule has 0 unspecified atom stereocenters. The van der Waals surface area contributed by atoms with Gasteiger partial charge in [0.15, 0.2) is 18.0 Å². The average molecular weight is 731 g/mol. The van der Waals surface area contributed by atoms with Crippen molar-refractivity contribution in [2.24, 2.45) is 0 Å². The molecule has 0 aliphatic carbocycles. The van der Waals surface area contributed by atoms with Gasteiger partial charge < -0.3 is 28.8 Å². The van der Waals surface area contributed by atoms with E-state index in [0.29, 0.717) is 0 Å². The first-order valence-corrected chi connectivity index (χ1v) is 17.1. The summed E-state index contributed by atoms with van der Waals surface area (Å²) < 4.78 is 28.6. The molecule has 0 aromatic heterocycles. The molecule has 0 aliphatic rings. The maximum Gasteiger partial charge on any atom is 0.338 e. The maximum atomic E-state index is 14.2. The molecule has 0 saturated carbocycles. The number of hydrogen-bond donors (Lipinski definition) is 1.